The molecule has 3 nitrogen and oxygen atoms in total. The number of unbranched alkanes of at least 4 members (excludes halogenated alkanes) is 1. The van der Waals surface area contributed by atoms with Crippen molar-refractivity contribution in [3.63, 3.8) is 0 Å². The molecule has 0 fully saturated rings. The summed E-state index contributed by atoms with van der Waals surface area (Å²) in [5, 5.41) is -0.863. The molecule has 0 saturated heterocycles. The van der Waals surface area contributed by atoms with Gasteiger partial charge < -0.3 is 4.90 Å². The summed E-state index contributed by atoms with van der Waals surface area (Å²) in [6, 6.07) is 10.5. The number of halogens is 3. The standard InChI is InChI=1S/C19H25Cl2N3.ClH/c1-3-4-12-24-15(2)22-19(21,18(24)20)23-13-10-17(11-14-23)16-8-6-5-7-9-16;/h5-10,18H,3-4,11-14H2,1-2H3;1H. The minimum absolute atomic E-state index is 0. The predicted molar refractivity (Wildman–Crippen MR) is 111 cm³/mol. The van der Waals surface area contributed by atoms with Gasteiger partial charge >= 0.3 is 0 Å². The molecule has 1 aromatic rings. The summed E-state index contributed by atoms with van der Waals surface area (Å²) in [5.41, 5.74) is 2.34. The molecule has 2 aliphatic rings. The fraction of sp³-hybridized carbons (Fsp3) is 0.526. The van der Waals surface area contributed by atoms with Crippen LogP contribution in [0.1, 0.15) is 38.7 Å². The van der Waals surface area contributed by atoms with Crippen molar-refractivity contribution in [2.45, 2.75) is 43.7 Å². The van der Waals surface area contributed by atoms with Crippen LogP contribution in [0.25, 0.3) is 5.57 Å². The second-order valence-corrected chi connectivity index (χ2v) is 7.44. The van der Waals surface area contributed by atoms with E-state index in [9.17, 15) is 0 Å². The number of aliphatic imine (C=N–C) groups is 1. The molecule has 2 unspecified atom stereocenters. The Bertz CT molecular complexity index is 632. The molecule has 25 heavy (non-hydrogen) atoms. The number of alkyl halides is 2. The molecular formula is C19H26Cl3N3. The van der Waals surface area contributed by atoms with E-state index in [1.807, 2.05) is 13.0 Å². The molecule has 1 aromatic carbocycles. The van der Waals surface area contributed by atoms with Gasteiger partial charge in [0.15, 0.2) is 5.50 Å². The lowest BCUT2D eigenvalue weighted by atomic mass is 9.99. The number of nitrogens with zero attached hydrogens (tertiary/aromatic N) is 3. The van der Waals surface area contributed by atoms with Gasteiger partial charge in [0.1, 0.15) is 5.84 Å². The smallest absolute Gasteiger partial charge is 0.225 e. The highest BCUT2D eigenvalue weighted by atomic mass is 35.5. The minimum Gasteiger partial charge on any atom is -0.340 e. The summed E-state index contributed by atoms with van der Waals surface area (Å²) < 4.78 is 0. The largest absolute Gasteiger partial charge is 0.340 e. The molecule has 6 heteroatoms. The Morgan fingerprint density at radius 1 is 1.28 bits per heavy atom. The first-order chi connectivity index (χ1) is 11.6. The van der Waals surface area contributed by atoms with Crippen molar-refractivity contribution in [1.82, 2.24) is 9.80 Å². The van der Waals surface area contributed by atoms with Gasteiger partial charge in [-0.05, 0) is 30.9 Å². The second-order valence-electron chi connectivity index (χ2n) is 6.47. The zero-order chi connectivity index (χ0) is 17.2. The minimum atomic E-state index is -0.863. The fourth-order valence-corrected chi connectivity index (χ4v) is 4.22. The molecule has 3 rings (SSSR count). The third-order valence-corrected chi connectivity index (χ3v) is 6.04. The zero-order valence-corrected chi connectivity index (χ0v) is 17.1. The Kier molecular flexibility index (Phi) is 7.21. The van der Waals surface area contributed by atoms with E-state index in [1.54, 1.807) is 0 Å². The van der Waals surface area contributed by atoms with Crippen LogP contribution in [-0.2, 0) is 0 Å². The number of hydrogen-bond acceptors (Lipinski definition) is 3. The van der Waals surface area contributed by atoms with Crippen LogP contribution >= 0.6 is 35.6 Å². The molecule has 0 spiro atoms. The van der Waals surface area contributed by atoms with Crippen LogP contribution < -0.4 is 0 Å². The molecule has 0 radical (unpaired) electrons. The van der Waals surface area contributed by atoms with Crippen molar-refractivity contribution < 1.29 is 0 Å². The van der Waals surface area contributed by atoms with Crippen LogP contribution in [0, 0.1) is 0 Å². The average molecular weight is 403 g/mol. The Hall–Kier alpha value is -0.740. The molecular weight excluding hydrogens is 377 g/mol. The highest BCUT2D eigenvalue weighted by Gasteiger charge is 2.49. The molecule has 138 valence electrons. The van der Waals surface area contributed by atoms with Crippen LogP contribution in [0.15, 0.2) is 41.4 Å². The fourth-order valence-electron chi connectivity index (χ4n) is 3.40. The summed E-state index contributed by atoms with van der Waals surface area (Å²) in [6.45, 7) is 6.74. The maximum Gasteiger partial charge on any atom is 0.225 e. The van der Waals surface area contributed by atoms with E-state index in [1.165, 1.54) is 11.1 Å². The van der Waals surface area contributed by atoms with Crippen LogP contribution in [0.5, 0.6) is 0 Å². The van der Waals surface area contributed by atoms with E-state index < -0.39 is 5.12 Å². The number of rotatable bonds is 5. The van der Waals surface area contributed by atoms with Gasteiger partial charge in [0.05, 0.1) is 0 Å². The number of hydrogen-bond donors (Lipinski definition) is 0. The maximum absolute atomic E-state index is 6.90. The lowest BCUT2D eigenvalue weighted by Crippen LogP contribution is -2.52. The van der Waals surface area contributed by atoms with E-state index in [-0.39, 0.29) is 17.9 Å². The Morgan fingerprint density at radius 3 is 2.60 bits per heavy atom. The van der Waals surface area contributed by atoms with Gasteiger partial charge in [0, 0.05) is 19.6 Å². The SMILES string of the molecule is CCCCN1C(C)=NC(Cl)(N2CC=C(c3ccccc3)CC2)C1Cl.Cl. The monoisotopic (exact) mass is 401 g/mol. The molecule has 0 saturated carbocycles. The topological polar surface area (TPSA) is 18.8 Å². The summed E-state index contributed by atoms with van der Waals surface area (Å²) >= 11 is 13.6. The van der Waals surface area contributed by atoms with Crippen LogP contribution in [-0.4, -0.2) is 45.9 Å². The van der Waals surface area contributed by atoms with E-state index >= 15 is 0 Å². The molecule has 0 amide bonds. The molecule has 2 aliphatic heterocycles. The van der Waals surface area contributed by atoms with Gasteiger partial charge in [-0.1, -0.05) is 73.0 Å². The first kappa shape index (κ1) is 20.6. The lowest BCUT2D eigenvalue weighted by molar-refractivity contribution is 0.155. The third kappa shape index (κ3) is 4.16. The summed E-state index contributed by atoms with van der Waals surface area (Å²) in [5.74, 6) is 0.941. The van der Waals surface area contributed by atoms with Gasteiger partial charge in [-0.2, -0.15) is 0 Å². The molecule has 2 atom stereocenters. The van der Waals surface area contributed by atoms with Gasteiger partial charge in [0.25, 0.3) is 0 Å². The van der Waals surface area contributed by atoms with Crippen molar-refractivity contribution in [1.29, 1.82) is 0 Å². The van der Waals surface area contributed by atoms with Crippen molar-refractivity contribution in [3.05, 3.63) is 42.0 Å². The van der Waals surface area contributed by atoms with E-state index in [0.717, 1.165) is 44.7 Å². The van der Waals surface area contributed by atoms with E-state index in [2.05, 4.69) is 47.1 Å². The normalized spacial score (nSPS) is 26.9. The first-order valence-corrected chi connectivity index (χ1v) is 9.53. The van der Waals surface area contributed by atoms with Gasteiger partial charge in [-0.25, -0.2) is 4.99 Å². The van der Waals surface area contributed by atoms with Gasteiger partial charge in [-0.15, -0.1) is 12.4 Å². The highest BCUT2D eigenvalue weighted by molar-refractivity contribution is 6.34. The van der Waals surface area contributed by atoms with Crippen LogP contribution in [0.3, 0.4) is 0 Å². The molecule has 0 N–H and O–H groups in total. The molecule has 0 aliphatic carbocycles. The summed E-state index contributed by atoms with van der Waals surface area (Å²) in [6.07, 6.45) is 5.45. The molecule has 2 heterocycles. The molecule has 0 bridgehead atoms. The molecule has 0 aromatic heterocycles. The lowest BCUT2D eigenvalue weighted by Gasteiger charge is -2.39. The summed E-state index contributed by atoms with van der Waals surface area (Å²) in [7, 11) is 0. The van der Waals surface area contributed by atoms with Gasteiger partial charge in [0.2, 0.25) is 5.12 Å². The first-order valence-electron chi connectivity index (χ1n) is 8.72. The Morgan fingerprint density at radius 2 is 2.00 bits per heavy atom. The Balaban J connectivity index is 0.00000225. The summed E-state index contributed by atoms with van der Waals surface area (Å²) in [4.78, 5) is 9.05. The number of amidine groups is 1. The van der Waals surface area contributed by atoms with Crippen molar-refractivity contribution in [2.24, 2.45) is 4.99 Å². The van der Waals surface area contributed by atoms with Gasteiger partial charge in [-0.3, -0.25) is 4.90 Å². The van der Waals surface area contributed by atoms with Crippen molar-refractivity contribution in [2.75, 3.05) is 19.6 Å². The average Bonchev–Trinajstić information content (AvgIpc) is 2.84. The zero-order valence-electron chi connectivity index (χ0n) is 14.8. The van der Waals surface area contributed by atoms with E-state index in [4.69, 9.17) is 28.2 Å². The van der Waals surface area contributed by atoms with Crippen LogP contribution in [0.2, 0.25) is 0 Å². The second kappa shape index (κ2) is 8.77. The van der Waals surface area contributed by atoms with Crippen LogP contribution in [0.4, 0.5) is 0 Å². The quantitative estimate of drug-likeness (QED) is 0.498. The highest BCUT2D eigenvalue weighted by Crippen LogP contribution is 2.40. The van der Waals surface area contributed by atoms with E-state index in [0.29, 0.717) is 0 Å². The van der Waals surface area contributed by atoms with Crippen molar-refractivity contribution >= 4 is 47.0 Å². The predicted octanol–water partition coefficient (Wildman–Crippen LogP) is 5.19. The third-order valence-electron chi connectivity index (χ3n) is 4.86. The Labute approximate surface area is 167 Å². The van der Waals surface area contributed by atoms with Crippen molar-refractivity contribution in [3.8, 4) is 0 Å². The maximum atomic E-state index is 6.90. The number of benzene rings is 1.